The second-order valence-corrected chi connectivity index (χ2v) is 6.53. The predicted molar refractivity (Wildman–Crippen MR) is 94.3 cm³/mol. The summed E-state index contributed by atoms with van der Waals surface area (Å²) in [5.41, 5.74) is 1.73. The quantitative estimate of drug-likeness (QED) is 0.748. The van der Waals surface area contributed by atoms with Crippen LogP contribution in [-0.4, -0.2) is 29.7 Å². The van der Waals surface area contributed by atoms with Gasteiger partial charge >= 0.3 is 0 Å². The van der Waals surface area contributed by atoms with Gasteiger partial charge in [0.05, 0.1) is 6.04 Å². The van der Waals surface area contributed by atoms with Crippen LogP contribution in [0.3, 0.4) is 0 Å². The largest absolute Gasteiger partial charge is 0.325 e. The number of anilines is 1. The standard InChI is InChI=1S/C18H20F2N2OS/c1-13(22(2)12-14-6-4-3-5-7-14)17(23)21-15-8-10-16(11-9-15)24-18(19)20/h3-11,13,18H,12H2,1-2H3,(H,21,23)/t13-/m1/s1. The lowest BCUT2D eigenvalue weighted by atomic mass is 10.2. The molecule has 0 aliphatic rings. The number of alkyl halides is 2. The van der Waals surface area contributed by atoms with Gasteiger partial charge in [-0.05, 0) is 43.8 Å². The first kappa shape index (κ1) is 18.4. The number of thioether (sulfide) groups is 1. The Morgan fingerprint density at radius 1 is 1.12 bits per heavy atom. The van der Waals surface area contributed by atoms with E-state index >= 15 is 0 Å². The monoisotopic (exact) mass is 350 g/mol. The number of hydrogen-bond donors (Lipinski definition) is 1. The van der Waals surface area contributed by atoms with E-state index in [4.69, 9.17) is 0 Å². The third kappa shape index (κ3) is 5.62. The van der Waals surface area contributed by atoms with E-state index in [2.05, 4.69) is 5.32 Å². The number of carbonyl (C=O) groups excluding carboxylic acids is 1. The molecule has 0 saturated heterocycles. The molecule has 2 rings (SSSR count). The van der Waals surface area contributed by atoms with Crippen LogP contribution >= 0.6 is 11.8 Å². The minimum atomic E-state index is -2.45. The fourth-order valence-electron chi connectivity index (χ4n) is 2.17. The van der Waals surface area contributed by atoms with Crippen LogP contribution in [0.2, 0.25) is 0 Å². The Balaban J connectivity index is 1.91. The zero-order valence-corrected chi connectivity index (χ0v) is 14.4. The van der Waals surface area contributed by atoms with Gasteiger partial charge in [0.15, 0.2) is 0 Å². The minimum Gasteiger partial charge on any atom is -0.325 e. The molecular weight excluding hydrogens is 330 g/mol. The predicted octanol–water partition coefficient (Wildman–Crippen LogP) is 4.46. The van der Waals surface area contributed by atoms with Gasteiger partial charge in [-0.1, -0.05) is 42.1 Å². The topological polar surface area (TPSA) is 32.3 Å². The Labute approximate surface area is 145 Å². The van der Waals surface area contributed by atoms with Gasteiger partial charge in [-0.3, -0.25) is 9.69 Å². The van der Waals surface area contributed by atoms with Crippen molar-refractivity contribution in [2.75, 3.05) is 12.4 Å². The van der Waals surface area contributed by atoms with Crippen molar-refractivity contribution < 1.29 is 13.6 Å². The van der Waals surface area contributed by atoms with Crippen LogP contribution in [0.15, 0.2) is 59.5 Å². The summed E-state index contributed by atoms with van der Waals surface area (Å²) in [6, 6.07) is 16.0. The van der Waals surface area contributed by atoms with Gasteiger partial charge in [0.1, 0.15) is 0 Å². The summed E-state index contributed by atoms with van der Waals surface area (Å²) in [5, 5.41) is 2.81. The number of carbonyl (C=O) groups is 1. The highest BCUT2D eigenvalue weighted by atomic mass is 32.2. The highest BCUT2D eigenvalue weighted by Gasteiger charge is 2.18. The Morgan fingerprint density at radius 2 is 1.75 bits per heavy atom. The zero-order chi connectivity index (χ0) is 17.5. The van der Waals surface area contributed by atoms with Gasteiger partial charge in [0.2, 0.25) is 5.91 Å². The number of halogens is 2. The third-order valence-corrected chi connectivity index (χ3v) is 4.38. The number of likely N-dealkylation sites (N-methyl/N-ethyl adjacent to an activating group) is 1. The Bertz CT molecular complexity index is 650. The molecule has 3 nitrogen and oxygen atoms in total. The first-order valence-electron chi connectivity index (χ1n) is 7.55. The first-order chi connectivity index (χ1) is 11.5. The van der Waals surface area contributed by atoms with Crippen LogP contribution in [0.5, 0.6) is 0 Å². The van der Waals surface area contributed by atoms with Gasteiger partial charge in [-0.2, -0.15) is 8.78 Å². The normalized spacial score (nSPS) is 12.4. The maximum atomic E-state index is 12.3. The van der Waals surface area contributed by atoms with E-state index in [9.17, 15) is 13.6 Å². The average molecular weight is 350 g/mol. The van der Waals surface area contributed by atoms with Crippen molar-refractivity contribution in [2.45, 2.75) is 30.2 Å². The second-order valence-electron chi connectivity index (χ2n) is 5.47. The van der Waals surface area contributed by atoms with Crippen LogP contribution in [0.25, 0.3) is 0 Å². The lowest BCUT2D eigenvalue weighted by molar-refractivity contribution is -0.120. The fraction of sp³-hybridized carbons (Fsp3) is 0.278. The van der Waals surface area contributed by atoms with Crippen LogP contribution < -0.4 is 5.32 Å². The van der Waals surface area contributed by atoms with Crippen molar-refractivity contribution >= 4 is 23.4 Å². The van der Waals surface area contributed by atoms with Crippen LogP contribution in [-0.2, 0) is 11.3 Å². The summed E-state index contributed by atoms with van der Waals surface area (Å²) < 4.78 is 24.6. The molecule has 0 saturated carbocycles. The van der Waals surface area contributed by atoms with Crippen molar-refractivity contribution in [3.05, 3.63) is 60.2 Å². The Hall–Kier alpha value is -1.92. The van der Waals surface area contributed by atoms with Crippen molar-refractivity contribution in [3.8, 4) is 0 Å². The highest BCUT2D eigenvalue weighted by Crippen LogP contribution is 2.26. The summed E-state index contributed by atoms with van der Waals surface area (Å²) in [5.74, 6) is -2.58. The number of nitrogens with zero attached hydrogens (tertiary/aromatic N) is 1. The molecular formula is C18H20F2N2OS. The summed E-state index contributed by atoms with van der Waals surface area (Å²) in [6.45, 7) is 2.50. The molecule has 0 heterocycles. The van der Waals surface area contributed by atoms with E-state index in [0.717, 1.165) is 5.56 Å². The van der Waals surface area contributed by atoms with E-state index < -0.39 is 5.76 Å². The maximum Gasteiger partial charge on any atom is 0.288 e. The highest BCUT2D eigenvalue weighted by molar-refractivity contribution is 7.99. The minimum absolute atomic E-state index is 0.136. The summed E-state index contributed by atoms with van der Waals surface area (Å²) in [7, 11) is 1.89. The molecule has 0 bridgehead atoms. The molecule has 2 aromatic rings. The lowest BCUT2D eigenvalue weighted by Crippen LogP contribution is -2.39. The van der Waals surface area contributed by atoms with Crippen LogP contribution in [0.4, 0.5) is 14.5 Å². The molecule has 0 aromatic heterocycles. The van der Waals surface area contributed by atoms with E-state index in [1.165, 1.54) is 0 Å². The average Bonchev–Trinajstić information content (AvgIpc) is 2.56. The molecule has 128 valence electrons. The lowest BCUT2D eigenvalue weighted by Gasteiger charge is -2.24. The molecule has 0 unspecified atom stereocenters. The van der Waals surface area contributed by atoms with E-state index in [1.807, 2.05) is 49.2 Å². The smallest absolute Gasteiger partial charge is 0.288 e. The molecule has 0 radical (unpaired) electrons. The summed E-state index contributed by atoms with van der Waals surface area (Å²) in [4.78, 5) is 14.7. The number of hydrogen-bond acceptors (Lipinski definition) is 3. The van der Waals surface area contributed by atoms with Crippen molar-refractivity contribution in [2.24, 2.45) is 0 Å². The number of nitrogens with one attached hydrogen (secondary N) is 1. The van der Waals surface area contributed by atoms with E-state index in [0.29, 0.717) is 28.9 Å². The van der Waals surface area contributed by atoms with Gasteiger partial charge in [0.25, 0.3) is 5.76 Å². The summed E-state index contributed by atoms with van der Waals surface area (Å²) in [6.07, 6.45) is 0. The molecule has 0 aliphatic carbocycles. The molecule has 1 amide bonds. The van der Waals surface area contributed by atoms with Gasteiger partial charge in [-0.15, -0.1) is 0 Å². The molecule has 0 spiro atoms. The molecule has 0 aliphatic heterocycles. The number of rotatable bonds is 7. The van der Waals surface area contributed by atoms with Crippen LogP contribution in [0.1, 0.15) is 12.5 Å². The van der Waals surface area contributed by atoms with Crippen LogP contribution in [0, 0.1) is 0 Å². The second kappa shape index (κ2) is 8.80. The SMILES string of the molecule is C[C@H](C(=O)Nc1ccc(SC(F)F)cc1)N(C)Cc1ccccc1. The van der Waals surface area contributed by atoms with E-state index in [1.54, 1.807) is 24.3 Å². The van der Waals surface area contributed by atoms with Crippen molar-refractivity contribution in [1.82, 2.24) is 4.90 Å². The number of amides is 1. The van der Waals surface area contributed by atoms with Gasteiger partial charge in [0, 0.05) is 17.1 Å². The van der Waals surface area contributed by atoms with Gasteiger partial charge < -0.3 is 5.32 Å². The fourth-order valence-corrected chi connectivity index (χ4v) is 2.67. The third-order valence-electron chi connectivity index (χ3n) is 3.66. The molecule has 6 heteroatoms. The molecule has 1 N–H and O–H groups in total. The molecule has 1 atom stereocenters. The van der Waals surface area contributed by atoms with E-state index in [-0.39, 0.29) is 11.9 Å². The molecule has 24 heavy (non-hydrogen) atoms. The Kier molecular flexibility index (Phi) is 6.75. The maximum absolute atomic E-state index is 12.3. The van der Waals surface area contributed by atoms with Crippen molar-refractivity contribution in [1.29, 1.82) is 0 Å². The zero-order valence-electron chi connectivity index (χ0n) is 13.6. The summed E-state index contributed by atoms with van der Waals surface area (Å²) >= 11 is 0.484. The first-order valence-corrected chi connectivity index (χ1v) is 8.43. The van der Waals surface area contributed by atoms with Gasteiger partial charge in [-0.25, -0.2) is 0 Å². The molecule has 0 fully saturated rings. The Morgan fingerprint density at radius 3 is 2.33 bits per heavy atom. The van der Waals surface area contributed by atoms with Crippen molar-refractivity contribution in [3.63, 3.8) is 0 Å². The molecule has 2 aromatic carbocycles. The number of benzene rings is 2.